The highest BCUT2D eigenvalue weighted by Crippen LogP contribution is 2.40. The number of benzene rings is 2. The monoisotopic (exact) mass is 346 g/mol. The van der Waals surface area contributed by atoms with Crippen LogP contribution < -0.4 is 10.6 Å². The lowest BCUT2D eigenvalue weighted by molar-refractivity contribution is -0.125. The molecule has 1 aliphatic rings. The van der Waals surface area contributed by atoms with E-state index >= 15 is 0 Å². The number of hydrogen-bond acceptors (Lipinski definition) is 2. The summed E-state index contributed by atoms with van der Waals surface area (Å²) in [6.07, 6.45) is 0.486. The molecule has 2 unspecified atom stereocenters. The minimum atomic E-state index is -0.376. The van der Waals surface area contributed by atoms with Crippen LogP contribution in [0.15, 0.2) is 48.5 Å². The van der Waals surface area contributed by atoms with Gasteiger partial charge in [-0.3, -0.25) is 9.59 Å². The third-order valence-electron chi connectivity index (χ3n) is 4.01. The second kappa shape index (κ2) is 7.01. The quantitative estimate of drug-likeness (QED) is 0.872. The number of nitrogens with one attached hydrogen (secondary N) is 2. The van der Waals surface area contributed by atoms with Crippen LogP contribution >= 0.6 is 11.6 Å². The maximum atomic E-state index is 13.5. The number of carbonyl (C=O) groups is 2. The second-order valence-corrected chi connectivity index (χ2v) is 6.13. The Hall–Kier alpha value is -2.40. The van der Waals surface area contributed by atoms with Gasteiger partial charge in [-0.1, -0.05) is 41.9 Å². The van der Waals surface area contributed by atoms with Crippen LogP contribution in [0.4, 0.5) is 10.1 Å². The largest absolute Gasteiger partial charge is 0.352 e. The van der Waals surface area contributed by atoms with E-state index in [4.69, 9.17) is 11.6 Å². The molecule has 2 N–H and O–H groups in total. The summed E-state index contributed by atoms with van der Waals surface area (Å²) < 4.78 is 13.5. The average molecular weight is 347 g/mol. The summed E-state index contributed by atoms with van der Waals surface area (Å²) >= 11 is 6.00. The molecule has 0 saturated heterocycles. The zero-order valence-electron chi connectivity index (χ0n) is 12.8. The smallest absolute Gasteiger partial charge is 0.228 e. The SMILES string of the molecule is O=C(NCc1ccccc1F)C1CC1C(=O)Nc1ccccc1Cl. The zero-order chi connectivity index (χ0) is 17.1. The van der Waals surface area contributed by atoms with Crippen molar-refractivity contribution >= 4 is 29.1 Å². The predicted molar refractivity (Wildman–Crippen MR) is 89.9 cm³/mol. The molecule has 0 spiro atoms. The summed E-state index contributed by atoms with van der Waals surface area (Å²) in [6.45, 7) is 0.112. The van der Waals surface area contributed by atoms with Crippen molar-refractivity contribution in [1.29, 1.82) is 0 Å². The van der Waals surface area contributed by atoms with Gasteiger partial charge in [0.05, 0.1) is 22.5 Å². The van der Waals surface area contributed by atoms with E-state index in [1.165, 1.54) is 6.07 Å². The first-order valence-electron chi connectivity index (χ1n) is 7.63. The van der Waals surface area contributed by atoms with E-state index < -0.39 is 0 Å². The molecule has 2 aromatic carbocycles. The minimum Gasteiger partial charge on any atom is -0.352 e. The fourth-order valence-electron chi connectivity index (χ4n) is 2.52. The lowest BCUT2D eigenvalue weighted by Gasteiger charge is -2.08. The molecule has 0 bridgehead atoms. The Bertz CT molecular complexity index is 781. The van der Waals surface area contributed by atoms with Crippen molar-refractivity contribution in [3.05, 3.63) is 64.9 Å². The van der Waals surface area contributed by atoms with Crippen molar-refractivity contribution in [3.63, 3.8) is 0 Å². The van der Waals surface area contributed by atoms with Crippen LogP contribution in [0.3, 0.4) is 0 Å². The highest BCUT2D eigenvalue weighted by molar-refractivity contribution is 6.33. The van der Waals surface area contributed by atoms with Gasteiger partial charge in [-0.05, 0) is 24.6 Å². The number of carbonyl (C=O) groups excluding carboxylic acids is 2. The highest BCUT2D eigenvalue weighted by atomic mass is 35.5. The van der Waals surface area contributed by atoms with Gasteiger partial charge in [0, 0.05) is 12.1 Å². The molecule has 24 heavy (non-hydrogen) atoms. The fraction of sp³-hybridized carbons (Fsp3) is 0.222. The lowest BCUT2D eigenvalue weighted by Crippen LogP contribution is -2.27. The number of rotatable bonds is 5. The molecule has 2 amide bonds. The van der Waals surface area contributed by atoms with E-state index in [1.807, 2.05) is 0 Å². The number of anilines is 1. The van der Waals surface area contributed by atoms with Crippen LogP contribution in [0.5, 0.6) is 0 Å². The van der Waals surface area contributed by atoms with E-state index in [-0.39, 0.29) is 36.0 Å². The predicted octanol–water partition coefficient (Wildman–Crippen LogP) is 3.37. The molecular weight excluding hydrogens is 331 g/mol. The van der Waals surface area contributed by atoms with E-state index in [9.17, 15) is 14.0 Å². The Morgan fingerprint density at radius 2 is 1.71 bits per heavy atom. The van der Waals surface area contributed by atoms with Gasteiger partial charge in [-0.15, -0.1) is 0 Å². The average Bonchev–Trinajstić information content (AvgIpc) is 3.37. The molecule has 2 atom stereocenters. The summed E-state index contributed by atoms with van der Waals surface area (Å²) in [4.78, 5) is 24.2. The molecule has 3 rings (SSSR count). The third kappa shape index (κ3) is 3.74. The lowest BCUT2D eigenvalue weighted by atomic mass is 10.2. The van der Waals surface area contributed by atoms with Gasteiger partial charge < -0.3 is 10.6 Å². The summed E-state index contributed by atoms with van der Waals surface area (Å²) in [7, 11) is 0. The van der Waals surface area contributed by atoms with Crippen LogP contribution in [0.25, 0.3) is 0 Å². The van der Waals surface area contributed by atoms with Crippen LogP contribution in [-0.4, -0.2) is 11.8 Å². The first-order valence-corrected chi connectivity index (χ1v) is 8.00. The van der Waals surface area contributed by atoms with Crippen LogP contribution in [0.2, 0.25) is 5.02 Å². The number of para-hydroxylation sites is 1. The molecule has 1 saturated carbocycles. The van der Waals surface area contributed by atoms with Crippen LogP contribution in [-0.2, 0) is 16.1 Å². The Labute approximate surface area is 144 Å². The molecule has 0 heterocycles. The van der Waals surface area contributed by atoms with Gasteiger partial charge in [0.2, 0.25) is 11.8 Å². The van der Waals surface area contributed by atoms with Crippen molar-refractivity contribution in [3.8, 4) is 0 Å². The Balaban J connectivity index is 1.51. The normalized spacial score (nSPS) is 18.8. The van der Waals surface area contributed by atoms with Gasteiger partial charge >= 0.3 is 0 Å². The van der Waals surface area contributed by atoms with Gasteiger partial charge in [0.25, 0.3) is 0 Å². The summed E-state index contributed by atoms with van der Waals surface area (Å²) in [5.41, 5.74) is 0.949. The third-order valence-corrected chi connectivity index (χ3v) is 4.34. The molecule has 1 aliphatic carbocycles. The molecule has 6 heteroatoms. The first-order chi connectivity index (χ1) is 11.6. The Kier molecular flexibility index (Phi) is 4.81. The van der Waals surface area contributed by atoms with Crippen molar-refractivity contribution in [1.82, 2.24) is 5.32 Å². The van der Waals surface area contributed by atoms with E-state index in [2.05, 4.69) is 10.6 Å². The fourth-order valence-corrected chi connectivity index (χ4v) is 2.70. The topological polar surface area (TPSA) is 58.2 Å². The molecule has 4 nitrogen and oxygen atoms in total. The highest BCUT2D eigenvalue weighted by Gasteiger charge is 2.48. The van der Waals surface area contributed by atoms with Gasteiger partial charge in [-0.2, -0.15) is 0 Å². The summed E-state index contributed by atoms with van der Waals surface area (Å²) in [5, 5.41) is 5.86. The molecule has 0 radical (unpaired) electrons. The minimum absolute atomic E-state index is 0.112. The van der Waals surface area contributed by atoms with Crippen molar-refractivity contribution in [2.24, 2.45) is 11.8 Å². The van der Waals surface area contributed by atoms with Crippen LogP contribution in [0, 0.1) is 17.7 Å². The zero-order valence-corrected chi connectivity index (χ0v) is 13.5. The van der Waals surface area contributed by atoms with Gasteiger partial charge in [0.15, 0.2) is 0 Å². The molecule has 0 aromatic heterocycles. The maximum Gasteiger partial charge on any atom is 0.228 e. The van der Waals surface area contributed by atoms with Crippen LogP contribution in [0.1, 0.15) is 12.0 Å². The van der Waals surface area contributed by atoms with Crippen molar-refractivity contribution < 1.29 is 14.0 Å². The molecular formula is C18H16ClFN2O2. The Morgan fingerprint density at radius 3 is 2.46 bits per heavy atom. The van der Waals surface area contributed by atoms with Gasteiger partial charge in [0.1, 0.15) is 5.82 Å². The van der Waals surface area contributed by atoms with Crippen molar-refractivity contribution in [2.75, 3.05) is 5.32 Å². The van der Waals surface area contributed by atoms with E-state index in [0.29, 0.717) is 22.7 Å². The number of halogens is 2. The number of amides is 2. The van der Waals surface area contributed by atoms with Gasteiger partial charge in [-0.25, -0.2) is 4.39 Å². The van der Waals surface area contributed by atoms with E-state index in [1.54, 1.807) is 42.5 Å². The Morgan fingerprint density at radius 1 is 1.04 bits per heavy atom. The number of hydrogen-bond donors (Lipinski definition) is 2. The standard InChI is InChI=1S/C18H16ClFN2O2/c19-14-6-2-4-8-16(14)22-18(24)13-9-12(13)17(23)21-10-11-5-1-3-7-15(11)20/h1-8,12-13H,9-10H2,(H,21,23)(H,22,24). The van der Waals surface area contributed by atoms with Crippen molar-refractivity contribution in [2.45, 2.75) is 13.0 Å². The maximum absolute atomic E-state index is 13.5. The summed E-state index contributed by atoms with van der Waals surface area (Å²) in [5.74, 6) is -1.57. The van der Waals surface area contributed by atoms with E-state index in [0.717, 1.165) is 0 Å². The summed E-state index contributed by atoms with van der Waals surface area (Å²) in [6, 6.07) is 13.2. The molecule has 124 valence electrons. The molecule has 1 fully saturated rings. The first kappa shape index (κ1) is 16.5. The molecule has 0 aliphatic heterocycles. The molecule has 2 aromatic rings. The second-order valence-electron chi connectivity index (χ2n) is 5.73.